The summed E-state index contributed by atoms with van der Waals surface area (Å²) < 4.78 is 4.37. The molecule has 3 N–H and O–H groups in total. The van der Waals surface area contributed by atoms with Crippen molar-refractivity contribution in [1.82, 2.24) is 5.32 Å². The number of nitrogens with one attached hydrogen (secondary N) is 1. The molecule has 0 heterocycles. The highest BCUT2D eigenvalue weighted by atomic mass is 35.5. The predicted molar refractivity (Wildman–Crippen MR) is 71.8 cm³/mol. The number of rotatable bonds is 4. The lowest BCUT2D eigenvalue weighted by Crippen LogP contribution is -2.92. The van der Waals surface area contributed by atoms with Gasteiger partial charge in [0.05, 0.1) is 7.11 Å². The Morgan fingerprint density at radius 1 is 1.37 bits per heavy atom. The highest BCUT2D eigenvalue weighted by Gasteiger charge is 2.22. The number of carbonyl (C=O) groups excluding carboxylic acids is 2. The van der Waals surface area contributed by atoms with Crippen LogP contribution in [0.25, 0.3) is 0 Å². The maximum atomic E-state index is 11.7. The Balaban J connectivity index is 2.58. The van der Waals surface area contributed by atoms with Gasteiger partial charge in [-0.2, -0.15) is 0 Å². The average Bonchev–Trinajstić information content (AvgIpc) is 2.38. The monoisotopic (exact) mass is 285 g/mol. The number of carbonyl (C=O) groups is 2. The molecule has 1 aromatic carbocycles. The summed E-state index contributed by atoms with van der Waals surface area (Å²) in [6.07, 6.45) is -0.749. The van der Waals surface area contributed by atoms with Crippen LogP contribution < -0.4 is 10.6 Å². The normalized spacial score (nSPS) is 13.5. The van der Waals surface area contributed by atoms with Crippen LogP contribution in [-0.4, -0.2) is 25.2 Å². The number of halogens is 1. The van der Waals surface area contributed by atoms with E-state index in [1.54, 1.807) is 13.0 Å². The lowest BCUT2D eigenvalue weighted by molar-refractivity contribution is -0.710. The zero-order valence-electron chi connectivity index (χ0n) is 11.1. The number of hydrogen-bond acceptors (Lipinski definition) is 3. The second-order valence-corrected chi connectivity index (χ2v) is 4.74. The number of amides is 2. The standard InChI is InChI=1S/C13H17ClN2O3/c1-8(10-5-4-6-11(14)7-10)15-9(2)12(17)16-13(18)19-3/h4-9,15H,1-3H3,(H,16,17,18)/p+1/t8-,9+/m0/s1. The molecule has 2 amide bonds. The fourth-order valence-electron chi connectivity index (χ4n) is 1.69. The molecular formula is C13H18ClN2O3+. The molecule has 1 aromatic rings. The van der Waals surface area contributed by atoms with Crippen molar-refractivity contribution in [2.45, 2.75) is 25.9 Å². The molecule has 0 aliphatic carbocycles. The van der Waals surface area contributed by atoms with Crippen molar-refractivity contribution in [3.8, 4) is 0 Å². The van der Waals surface area contributed by atoms with Crippen LogP contribution >= 0.6 is 11.6 Å². The Bertz CT molecular complexity index is 465. The minimum atomic E-state index is -0.749. The molecule has 0 aliphatic heterocycles. The minimum absolute atomic E-state index is 0.0529. The maximum absolute atomic E-state index is 11.7. The third-order valence-corrected chi connectivity index (χ3v) is 3.01. The molecule has 5 nitrogen and oxygen atoms in total. The minimum Gasteiger partial charge on any atom is -0.453 e. The number of alkyl carbamates (subject to hydrolysis) is 1. The van der Waals surface area contributed by atoms with Crippen LogP contribution in [0.2, 0.25) is 5.02 Å². The van der Waals surface area contributed by atoms with E-state index in [0.717, 1.165) is 5.56 Å². The molecule has 6 heteroatoms. The summed E-state index contributed by atoms with van der Waals surface area (Å²) in [5.74, 6) is -0.388. The number of quaternary nitrogens is 1. The lowest BCUT2D eigenvalue weighted by atomic mass is 10.1. The fraction of sp³-hybridized carbons (Fsp3) is 0.385. The summed E-state index contributed by atoms with van der Waals surface area (Å²) >= 11 is 5.92. The second kappa shape index (κ2) is 7.11. The lowest BCUT2D eigenvalue weighted by Gasteiger charge is -2.16. The van der Waals surface area contributed by atoms with E-state index in [2.05, 4.69) is 10.1 Å². The summed E-state index contributed by atoms with van der Waals surface area (Å²) in [6.45, 7) is 3.69. The molecule has 0 spiro atoms. The molecule has 104 valence electrons. The van der Waals surface area contributed by atoms with Crippen LogP contribution in [0.4, 0.5) is 4.79 Å². The molecule has 1 rings (SSSR count). The predicted octanol–water partition coefficient (Wildman–Crippen LogP) is 1.24. The van der Waals surface area contributed by atoms with Gasteiger partial charge in [0, 0.05) is 10.6 Å². The summed E-state index contributed by atoms with van der Waals surface area (Å²) in [7, 11) is 1.21. The first-order chi connectivity index (χ1) is 8.93. The van der Waals surface area contributed by atoms with E-state index in [0.29, 0.717) is 5.02 Å². The van der Waals surface area contributed by atoms with E-state index in [1.807, 2.05) is 30.4 Å². The Labute approximate surface area is 117 Å². The van der Waals surface area contributed by atoms with E-state index in [4.69, 9.17) is 11.6 Å². The van der Waals surface area contributed by atoms with Gasteiger partial charge in [-0.3, -0.25) is 10.1 Å². The third kappa shape index (κ3) is 4.89. The molecule has 0 unspecified atom stereocenters. The molecular weight excluding hydrogens is 268 g/mol. The van der Waals surface area contributed by atoms with Gasteiger partial charge < -0.3 is 10.1 Å². The van der Waals surface area contributed by atoms with Crippen molar-refractivity contribution in [1.29, 1.82) is 0 Å². The van der Waals surface area contributed by atoms with Crippen molar-refractivity contribution >= 4 is 23.6 Å². The molecule has 0 aromatic heterocycles. The number of benzene rings is 1. The molecule has 0 radical (unpaired) electrons. The van der Waals surface area contributed by atoms with Gasteiger partial charge in [-0.25, -0.2) is 4.79 Å². The number of methoxy groups -OCH3 is 1. The molecule has 0 saturated carbocycles. The van der Waals surface area contributed by atoms with Crippen molar-refractivity contribution in [3.05, 3.63) is 34.9 Å². The van der Waals surface area contributed by atoms with E-state index in [1.165, 1.54) is 7.11 Å². The van der Waals surface area contributed by atoms with Crippen molar-refractivity contribution < 1.29 is 19.6 Å². The van der Waals surface area contributed by atoms with Gasteiger partial charge in [-0.1, -0.05) is 23.7 Å². The van der Waals surface area contributed by atoms with Crippen LogP contribution in [0, 0.1) is 0 Å². The van der Waals surface area contributed by atoms with E-state index < -0.39 is 12.1 Å². The van der Waals surface area contributed by atoms with Gasteiger partial charge in [-0.15, -0.1) is 0 Å². The van der Waals surface area contributed by atoms with Gasteiger partial charge in [0.2, 0.25) is 0 Å². The van der Waals surface area contributed by atoms with E-state index >= 15 is 0 Å². The summed E-state index contributed by atoms with van der Waals surface area (Å²) in [5, 5.41) is 4.65. The Morgan fingerprint density at radius 2 is 2.05 bits per heavy atom. The first-order valence-electron chi connectivity index (χ1n) is 5.93. The third-order valence-electron chi connectivity index (χ3n) is 2.78. The topological polar surface area (TPSA) is 72.0 Å². The van der Waals surface area contributed by atoms with Crippen molar-refractivity contribution in [3.63, 3.8) is 0 Å². The molecule has 19 heavy (non-hydrogen) atoms. The quantitative estimate of drug-likeness (QED) is 0.874. The van der Waals surface area contributed by atoms with Gasteiger partial charge >= 0.3 is 6.09 Å². The van der Waals surface area contributed by atoms with Crippen molar-refractivity contribution in [2.75, 3.05) is 7.11 Å². The smallest absolute Gasteiger partial charge is 0.413 e. The Morgan fingerprint density at radius 3 is 2.63 bits per heavy atom. The SMILES string of the molecule is COC(=O)NC(=O)[C@@H](C)[NH2+][C@@H](C)c1cccc(Cl)c1. The zero-order chi connectivity index (χ0) is 14.4. The van der Waals surface area contributed by atoms with Gasteiger partial charge in [-0.05, 0) is 26.0 Å². The highest BCUT2D eigenvalue weighted by molar-refractivity contribution is 6.30. The van der Waals surface area contributed by atoms with Crippen LogP contribution in [0.1, 0.15) is 25.5 Å². The fourth-order valence-corrected chi connectivity index (χ4v) is 1.89. The second-order valence-electron chi connectivity index (χ2n) is 4.31. The molecule has 0 saturated heterocycles. The van der Waals surface area contributed by atoms with E-state index in [-0.39, 0.29) is 11.9 Å². The number of hydrogen-bond donors (Lipinski definition) is 2. The Kier molecular flexibility index (Phi) is 5.79. The van der Waals surface area contributed by atoms with Crippen molar-refractivity contribution in [2.24, 2.45) is 0 Å². The van der Waals surface area contributed by atoms with Crippen LogP contribution in [0.15, 0.2) is 24.3 Å². The molecule has 0 aliphatic rings. The summed E-state index contributed by atoms with van der Waals surface area (Å²) in [5.41, 5.74) is 1.02. The first-order valence-corrected chi connectivity index (χ1v) is 6.31. The number of imide groups is 1. The van der Waals surface area contributed by atoms with E-state index in [9.17, 15) is 9.59 Å². The zero-order valence-corrected chi connectivity index (χ0v) is 11.9. The van der Waals surface area contributed by atoms with Gasteiger partial charge in [0.25, 0.3) is 5.91 Å². The largest absolute Gasteiger partial charge is 0.453 e. The molecule has 0 bridgehead atoms. The van der Waals surface area contributed by atoms with Gasteiger partial charge in [0.1, 0.15) is 6.04 Å². The average molecular weight is 286 g/mol. The number of nitrogens with two attached hydrogens (primary N) is 1. The summed E-state index contributed by atoms with van der Waals surface area (Å²) in [6, 6.07) is 7.10. The first kappa shape index (κ1) is 15.5. The Hall–Kier alpha value is -1.59. The van der Waals surface area contributed by atoms with Crippen LogP contribution in [-0.2, 0) is 9.53 Å². The van der Waals surface area contributed by atoms with Gasteiger partial charge in [0.15, 0.2) is 6.04 Å². The maximum Gasteiger partial charge on any atom is 0.413 e. The molecule has 0 fully saturated rings. The van der Waals surface area contributed by atoms with Crippen LogP contribution in [0.5, 0.6) is 0 Å². The highest BCUT2D eigenvalue weighted by Crippen LogP contribution is 2.14. The van der Waals surface area contributed by atoms with Crippen LogP contribution in [0.3, 0.4) is 0 Å². The summed E-state index contributed by atoms with van der Waals surface area (Å²) in [4.78, 5) is 22.6. The number of ether oxygens (including phenoxy) is 1. The molecule has 2 atom stereocenters.